The molecule has 3 aromatic rings. The van der Waals surface area contributed by atoms with Gasteiger partial charge in [0.25, 0.3) is 0 Å². The van der Waals surface area contributed by atoms with Crippen molar-refractivity contribution in [2.24, 2.45) is 5.73 Å². The van der Waals surface area contributed by atoms with Crippen molar-refractivity contribution >= 4 is 22.8 Å². The molecule has 6 heteroatoms. The van der Waals surface area contributed by atoms with Crippen LogP contribution in [0.25, 0.3) is 10.9 Å². The molecule has 6 nitrogen and oxygen atoms in total. The third-order valence-corrected chi connectivity index (χ3v) is 4.18. The monoisotopic (exact) mass is 338 g/mol. The molecule has 0 aliphatic carbocycles. The molecule has 0 aliphatic heterocycles. The van der Waals surface area contributed by atoms with Crippen molar-refractivity contribution in [1.82, 2.24) is 4.73 Å². The molecule has 1 aromatic heterocycles. The fraction of sp³-hybridized carbons (Fsp3) is 0.158. The molecular weight excluding hydrogens is 320 g/mol. The van der Waals surface area contributed by atoms with Gasteiger partial charge in [-0.3, -0.25) is 4.79 Å². The van der Waals surface area contributed by atoms with Gasteiger partial charge < -0.3 is 15.3 Å². The quantitative estimate of drug-likeness (QED) is 0.722. The van der Waals surface area contributed by atoms with Gasteiger partial charge in [0.2, 0.25) is 5.91 Å². The molecule has 1 atom stereocenters. The van der Waals surface area contributed by atoms with E-state index in [-0.39, 0.29) is 0 Å². The molecule has 0 fully saturated rings. The number of primary amides is 1. The summed E-state index contributed by atoms with van der Waals surface area (Å²) in [5.74, 6) is -1.88. The van der Waals surface area contributed by atoms with Gasteiger partial charge in [-0.25, -0.2) is 4.79 Å². The van der Waals surface area contributed by atoms with Crippen LogP contribution in [0, 0.1) is 0 Å². The summed E-state index contributed by atoms with van der Waals surface area (Å²) < 4.78 is 6.41. The van der Waals surface area contributed by atoms with Gasteiger partial charge in [0.1, 0.15) is 7.11 Å². The second kappa shape index (κ2) is 6.68. The highest BCUT2D eigenvalue weighted by molar-refractivity contribution is 5.98. The van der Waals surface area contributed by atoms with E-state index in [2.05, 4.69) is 0 Å². The van der Waals surface area contributed by atoms with Gasteiger partial charge in [-0.1, -0.05) is 36.4 Å². The number of carbonyl (C=O) groups excluding carboxylic acids is 2. The molecule has 1 unspecified atom stereocenters. The fourth-order valence-electron chi connectivity index (χ4n) is 3.08. The number of nitrogens with two attached hydrogens (primary N) is 1. The minimum atomic E-state index is -0.809. The second-order valence-corrected chi connectivity index (χ2v) is 5.52. The summed E-state index contributed by atoms with van der Waals surface area (Å²) in [5, 5.41) is 0.827. The lowest BCUT2D eigenvalue weighted by atomic mass is 9.87. The van der Waals surface area contributed by atoms with Crippen molar-refractivity contribution < 1.29 is 19.2 Å². The van der Waals surface area contributed by atoms with Gasteiger partial charge in [-0.15, -0.1) is 0 Å². The average molecular weight is 338 g/mol. The van der Waals surface area contributed by atoms with E-state index in [0.29, 0.717) is 16.7 Å². The molecule has 3 rings (SSSR count). The summed E-state index contributed by atoms with van der Waals surface area (Å²) in [7, 11) is 2.84. The number of esters is 1. The van der Waals surface area contributed by atoms with Crippen molar-refractivity contribution in [3.8, 4) is 0 Å². The highest BCUT2D eigenvalue weighted by Crippen LogP contribution is 2.33. The van der Waals surface area contributed by atoms with Crippen molar-refractivity contribution in [3.63, 3.8) is 0 Å². The van der Waals surface area contributed by atoms with Crippen molar-refractivity contribution in [1.29, 1.82) is 0 Å². The number of carbonyl (C=O) groups is 2. The molecule has 2 N–H and O–H groups in total. The van der Waals surface area contributed by atoms with Crippen LogP contribution >= 0.6 is 0 Å². The maximum absolute atomic E-state index is 12.3. The van der Waals surface area contributed by atoms with E-state index in [1.54, 1.807) is 35.2 Å². The highest BCUT2D eigenvalue weighted by atomic mass is 16.6. The van der Waals surface area contributed by atoms with Crippen LogP contribution in [0.15, 0.2) is 54.7 Å². The lowest BCUT2D eigenvalue weighted by Gasteiger charge is -2.16. The number of aromatic nitrogens is 1. The zero-order valence-electron chi connectivity index (χ0n) is 13.9. The molecule has 0 saturated heterocycles. The number of para-hydroxylation sites is 1. The molecular formula is C19H18N2O4. The first-order valence-corrected chi connectivity index (χ1v) is 7.69. The smallest absolute Gasteiger partial charge is 0.338 e. The molecule has 128 valence electrons. The number of benzene rings is 2. The van der Waals surface area contributed by atoms with E-state index < -0.39 is 17.8 Å². The first kappa shape index (κ1) is 16.6. The predicted octanol–water partition coefficient (Wildman–Crippen LogP) is 2.10. The van der Waals surface area contributed by atoms with E-state index in [9.17, 15) is 9.59 Å². The van der Waals surface area contributed by atoms with E-state index in [1.807, 2.05) is 24.3 Å². The Morgan fingerprint density at radius 2 is 1.68 bits per heavy atom. The number of amides is 1. The molecule has 25 heavy (non-hydrogen) atoms. The first-order valence-electron chi connectivity index (χ1n) is 7.69. The van der Waals surface area contributed by atoms with Crippen LogP contribution in [0.4, 0.5) is 0 Å². The number of ether oxygens (including phenoxy) is 1. The summed E-state index contributed by atoms with van der Waals surface area (Å²) >= 11 is 0. The number of nitrogens with zero attached hydrogens (tertiary/aromatic N) is 1. The number of fused-ring (bicyclic) bond motifs is 1. The third-order valence-electron chi connectivity index (χ3n) is 4.18. The molecule has 0 spiro atoms. The number of methoxy groups -OCH3 is 1. The molecule has 0 radical (unpaired) electrons. The maximum atomic E-state index is 12.3. The topological polar surface area (TPSA) is 83.5 Å². The maximum Gasteiger partial charge on any atom is 0.338 e. The Bertz CT molecular complexity index is 946. The van der Waals surface area contributed by atoms with Gasteiger partial charge in [0, 0.05) is 11.6 Å². The second-order valence-electron chi connectivity index (χ2n) is 5.52. The summed E-state index contributed by atoms with van der Waals surface area (Å²) in [6.07, 6.45) is 1.72. The average Bonchev–Trinajstić information content (AvgIpc) is 3.00. The van der Waals surface area contributed by atoms with Crippen molar-refractivity contribution in [3.05, 3.63) is 71.4 Å². The Labute approximate surface area is 144 Å². The third kappa shape index (κ3) is 2.82. The van der Waals surface area contributed by atoms with E-state index in [1.165, 1.54) is 14.2 Å². The zero-order chi connectivity index (χ0) is 18.0. The number of rotatable bonds is 5. The zero-order valence-corrected chi connectivity index (χ0v) is 13.9. The largest absolute Gasteiger partial charge is 0.465 e. The Balaban J connectivity index is 2.27. The van der Waals surface area contributed by atoms with Crippen LogP contribution in [0.3, 0.4) is 0 Å². The van der Waals surface area contributed by atoms with Crippen LogP contribution in [0.2, 0.25) is 0 Å². The SMILES string of the molecule is COC(=O)c1ccccc1C(C(N)=O)c1cn(OC)c2ccccc12. The lowest BCUT2D eigenvalue weighted by molar-refractivity contribution is -0.118. The van der Waals surface area contributed by atoms with Gasteiger partial charge in [0.05, 0.1) is 24.1 Å². The molecule has 0 aliphatic rings. The van der Waals surface area contributed by atoms with E-state index in [4.69, 9.17) is 15.3 Å². The van der Waals surface area contributed by atoms with Crippen molar-refractivity contribution in [2.75, 3.05) is 14.2 Å². The first-order chi connectivity index (χ1) is 12.1. The molecule has 1 heterocycles. The van der Waals surface area contributed by atoms with Crippen LogP contribution in [0.5, 0.6) is 0 Å². The number of hydrogen-bond acceptors (Lipinski definition) is 4. The van der Waals surface area contributed by atoms with Gasteiger partial charge in [-0.05, 0) is 23.3 Å². The van der Waals surface area contributed by atoms with Gasteiger partial charge >= 0.3 is 5.97 Å². The summed E-state index contributed by atoms with van der Waals surface area (Å²) in [4.78, 5) is 29.8. The molecule has 1 amide bonds. The molecule has 0 bridgehead atoms. The van der Waals surface area contributed by atoms with Crippen LogP contribution < -0.4 is 10.6 Å². The fourth-order valence-corrected chi connectivity index (χ4v) is 3.08. The Morgan fingerprint density at radius 3 is 2.36 bits per heavy atom. The molecule has 2 aromatic carbocycles. The minimum Gasteiger partial charge on any atom is -0.465 e. The van der Waals surface area contributed by atoms with Crippen molar-refractivity contribution in [2.45, 2.75) is 5.92 Å². The summed E-state index contributed by atoms with van der Waals surface area (Å²) in [6.45, 7) is 0. The Morgan fingerprint density at radius 1 is 1.00 bits per heavy atom. The normalized spacial score (nSPS) is 11.9. The Hall–Kier alpha value is -3.28. The summed E-state index contributed by atoms with van der Waals surface area (Å²) in [6, 6.07) is 14.3. The molecule has 0 saturated carbocycles. The lowest BCUT2D eigenvalue weighted by Crippen LogP contribution is -2.24. The Kier molecular flexibility index (Phi) is 4.43. The van der Waals surface area contributed by atoms with Crippen LogP contribution in [-0.2, 0) is 9.53 Å². The predicted molar refractivity (Wildman–Crippen MR) is 93.3 cm³/mol. The van der Waals surface area contributed by atoms with Crippen LogP contribution in [0.1, 0.15) is 27.4 Å². The standard InChI is InChI=1S/C19H18N2O4/c1-24-19(23)14-9-4-3-8-13(14)17(18(20)22)15-11-21(25-2)16-10-6-5-7-12(15)16/h3-11,17H,1-2H3,(H2,20,22). The van der Waals surface area contributed by atoms with Crippen LogP contribution in [-0.4, -0.2) is 30.8 Å². The van der Waals surface area contributed by atoms with E-state index >= 15 is 0 Å². The van der Waals surface area contributed by atoms with Gasteiger partial charge in [0.15, 0.2) is 0 Å². The summed E-state index contributed by atoms with van der Waals surface area (Å²) in [5.41, 5.74) is 8.00. The van der Waals surface area contributed by atoms with E-state index in [0.717, 1.165) is 10.9 Å². The highest BCUT2D eigenvalue weighted by Gasteiger charge is 2.28. The number of hydrogen-bond donors (Lipinski definition) is 1. The minimum absolute atomic E-state index is 0.308. The van der Waals surface area contributed by atoms with Gasteiger partial charge in [-0.2, -0.15) is 4.73 Å².